The van der Waals surface area contributed by atoms with Gasteiger partial charge in [0.25, 0.3) is 0 Å². The molecule has 0 amide bonds. The van der Waals surface area contributed by atoms with E-state index < -0.39 is 50.9 Å². The Morgan fingerprint density at radius 3 is 2.50 bits per heavy atom. The van der Waals surface area contributed by atoms with E-state index in [9.17, 15) is 26.8 Å². The van der Waals surface area contributed by atoms with E-state index in [1.54, 1.807) is 13.8 Å². The van der Waals surface area contributed by atoms with Gasteiger partial charge in [-0.3, -0.25) is 9.35 Å². The Morgan fingerprint density at radius 2 is 2.00 bits per heavy atom. The third kappa shape index (κ3) is 2.28. The molecule has 126 valence electrons. The lowest BCUT2D eigenvalue weighted by atomic mass is 9.85. The monoisotopic (exact) mass is 342 g/mol. The molecule has 2 fully saturated rings. The Hall–Kier alpha value is -1.29. The molecule has 0 bridgehead atoms. The number of fused-ring (bicyclic) bond motifs is 1. The van der Waals surface area contributed by atoms with E-state index in [1.807, 2.05) is 0 Å². The lowest BCUT2D eigenvalue weighted by molar-refractivity contribution is -0.186. The molecule has 0 aromatic rings. The topological polar surface area (TPSA) is 107 Å². The molecule has 0 aromatic carbocycles. The number of hydrogen-bond donors (Lipinski definition) is 1. The zero-order chi connectivity index (χ0) is 17.1. The first-order valence-electron chi connectivity index (χ1n) is 6.61. The van der Waals surface area contributed by atoms with Crippen molar-refractivity contribution in [1.29, 1.82) is 0 Å². The second kappa shape index (κ2) is 4.85. The minimum absolute atomic E-state index is 0.327. The predicted octanol–water partition coefficient (Wildman–Crippen LogP) is 0.986. The minimum Gasteiger partial charge on any atom is -0.455 e. The highest BCUT2D eigenvalue weighted by atomic mass is 32.2. The van der Waals surface area contributed by atoms with Crippen LogP contribution < -0.4 is 0 Å². The van der Waals surface area contributed by atoms with Crippen LogP contribution in [0.1, 0.15) is 27.2 Å². The fraction of sp³-hybridized carbons (Fsp3) is 0.833. The molecule has 10 heteroatoms. The van der Waals surface area contributed by atoms with E-state index in [1.165, 1.54) is 6.92 Å². The van der Waals surface area contributed by atoms with Crippen LogP contribution in [0.3, 0.4) is 0 Å². The molecule has 1 N–H and O–H groups in total. The van der Waals surface area contributed by atoms with Crippen LogP contribution in [-0.2, 0) is 29.2 Å². The first-order chi connectivity index (χ1) is 9.82. The fourth-order valence-corrected chi connectivity index (χ4v) is 3.62. The largest absolute Gasteiger partial charge is 0.465 e. The molecule has 1 heterocycles. The van der Waals surface area contributed by atoms with Gasteiger partial charge in [0.15, 0.2) is 0 Å². The lowest BCUT2D eigenvalue weighted by Crippen LogP contribution is -2.48. The van der Waals surface area contributed by atoms with Crippen molar-refractivity contribution < 1.29 is 40.8 Å². The van der Waals surface area contributed by atoms with Crippen LogP contribution in [0.15, 0.2) is 0 Å². The summed E-state index contributed by atoms with van der Waals surface area (Å²) in [6.45, 7) is 4.71. The molecule has 1 saturated heterocycles. The van der Waals surface area contributed by atoms with Crippen molar-refractivity contribution in [3.63, 3.8) is 0 Å². The molecule has 5 unspecified atom stereocenters. The number of alkyl halides is 2. The SMILES string of the molecule is CC1CC2C(C)C(=O)OC2(C)C1OC(=O)C(F)(F)S(=O)(=O)O. The number of hydrogen-bond acceptors (Lipinski definition) is 6. The number of ether oxygens (including phenoxy) is 2. The van der Waals surface area contributed by atoms with Gasteiger partial charge < -0.3 is 9.47 Å². The second-order valence-corrected chi connectivity index (χ2v) is 7.49. The summed E-state index contributed by atoms with van der Waals surface area (Å²) in [5.74, 6) is -4.12. The third-order valence-electron chi connectivity index (χ3n) is 4.54. The van der Waals surface area contributed by atoms with Gasteiger partial charge in [0, 0.05) is 5.92 Å². The maximum Gasteiger partial charge on any atom is 0.465 e. The first kappa shape index (κ1) is 17.1. The number of carbonyl (C=O) groups is 2. The van der Waals surface area contributed by atoms with Gasteiger partial charge >= 0.3 is 27.3 Å². The van der Waals surface area contributed by atoms with Crippen LogP contribution in [0.2, 0.25) is 0 Å². The quantitative estimate of drug-likeness (QED) is 0.602. The summed E-state index contributed by atoms with van der Waals surface area (Å²) < 4.78 is 66.0. The van der Waals surface area contributed by atoms with Gasteiger partial charge in [-0.1, -0.05) is 13.8 Å². The summed E-state index contributed by atoms with van der Waals surface area (Å²) in [5.41, 5.74) is -1.29. The van der Waals surface area contributed by atoms with E-state index >= 15 is 0 Å². The van der Waals surface area contributed by atoms with Gasteiger partial charge in [-0.05, 0) is 19.3 Å². The number of esters is 2. The maximum absolute atomic E-state index is 13.3. The van der Waals surface area contributed by atoms with E-state index in [2.05, 4.69) is 4.74 Å². The summed E-state index contributed by atoms with van der Waals surface area (Å²) in [6.07, 6.45) is -0.815. The molecule has 2 rings (SSSR count). The Bertz CT molecular complexity index is 617. The zero-order valence-corrected chi connectivity index (χ0v) is 12.9. The predicted molar refractivity (Wildman–Crippen MR) is 67.3 cm³/mol. The molecular weight excluding hydrogens is 326 g/mol. The molecule has 5 atom stereocenters. The standard InChI is InChI=1S/C12H16F2O7S/c1-5-4-7-6(2)9(15)21-11(7,3)8(5)20-10(16)12(13,14)22(17,18)19/h5-8H,4H2,1-3H3,(H,17,18,19). The summed E-state index contributed by atoms with van der Waals surface area (Å²) in [7, 11) is -5.94. The van der Waals surface area contributed by atoms with Crippen molar-refractivity contribution in [2.24, 2.45) is 17.8 Å². The highest BCUT2D eigenvalue weighted by molar-refractivity contribution is 7.87. The molecule has 22 heavy (non-hydrogen) atoms. The van der Waals surface area contributed by atoms with Crippen LogP contribution >= 0.6 is 0 Å². The van der Waals surface area contributed by atoms with Crippen molar-refractivity contribution in [1.82, 2.24) is 0 Å². The van der Waals surface area contributed by atoms with Crippen LogP contribution in [0.5, 0.6) is 0 Å². The number of halogens is 2. The van der Waals surface area contributed by atoms with Crippen LogP contribution in [-0.4, -0.2) is 41.9 Å². The van der Waals surface area contributed by atoms with Crippen molar-refractivity contribution in [2.75, 3.05) is 0 Å². The van der Waals surface area contributed by atoms with Crippen molar-refractivity contribution >= 4 is 22.1 Å². The molecule has 0 spiro atoms. The van der Waals surface area contributed by atoms with Crippen LogP contribution in [0, 0.1) is 17.8 Å². The lowest BCUT2D eigenvalue weighted by Gasteiger charge is -2.31. The van der Waals surface area contributed by atoms with Gasteiger partial charge in [-0.15, -0.1) is 0 Å². The van der Waals surface area contributed by atoms with E-state index in [0.29, 0.717) is 6.42 Å². The maximum atomic E-state index is 13.3. The highest BCUT2D eigenvalue weighted by Gasteiger charge is 2.65. The molecule has 7 nitrogen and oxygen atoms in total. The summed E-state index contributed by atoms with van der Waals surface area (Å²) in [6, 6.07) is 0. The molecule has 2 aliphatic rings. The van der Waals surface area contributed by atoms with Crippen LogP contribution in [0.4, 0.5) is 8.78 Å². The van der Waals surface area contributed by atoms with E-state index in [0.717, 1.165) is 0 Å². The Morgan fingerprint density at radius 1 is 1.45 bits per heavy atom. The van der Waals surface area contributed by atoms with Gasteiger partial charge in [0.05, 0.1) is 5.92 Å². The highest BCUT2D eigenvalue weighted by Crippen LogP contribution is 2.52. The summed E-state index contributed by atoms with van der Waals surface area (Å²) in [5, 5.41) is -5.07. The fourth-order valence-electron chi connectivity index (χ4n) is 3.36. The van der Waals surface area contributed by atoms with E-state index in [4.69, 9.17) is 9.29 Å². The van der Waals surface area contributed by atoms with Gasteiger partial charge in [0.2, 0.25) is 0 Å². The smallest absolute Gasteiger partial charge is 0.455 e. The first-order valence-corrected chi connectivity index (χ1v) is 8.05. The average Bonchev–Trinajstić information content (AvgIpc) is 2.72. The Kier molecular flexibility index (Phi) is 3.76. The zero-order valence-electron chi connectivity index (χ0n) is 12.1. The van der Waals surface area contributed by atoms with Crippen molar-refractivity contribution in [3.8, 4) is 0 Å². The number of rotatable bonds is 3. The average molecular weight is 342 g/mol. The normalized spacial score (nSPS) is 38.5. The molecule has 1 saturated carbocycles. The minimum atomic E-state index is -5.94. The summed E-state index contributed by atoms with van der Waals surface area (Å²) in [4.78, 5) is 23.1. The van der Waals surface area contributed by atoms with E-state index in [-0.39, 0.29) is 5.92 Å². The molecular formula is C12H16F2O7S. The molecule has 0 aromatic heterocycles. The summed E-state index contributed by atoms with van der Waals surface area (Å²) >= 11 is 0. The Balaban J connectivity index is 2.27. The van der Waals surface area contributed by atoms with Gasteiger partial charge in [-0.2, -0.15) is 17.2 Å². The van der Waals surface area contributed by atoms with Crippen LogP contribution in [0.25, 0.3) is 0 Å². The van der Waals surface area contributed by atoms with Crippen molar-refractivity contribution in [2.45, 2.75) is 44.2 Å². The Labute approximate surface area is 125 Å². The molecule has 0 radical (unpaired) electrons. The number of carbonyl (C=O) groups excluding carboxylic acids is 2. The van der Waals surface area contributed by atoms with Gasteiger partial charge in [-0.25, -0.2) is 4.79 Å². The van der Waals surface area contributed by atoms with Gasteiger partial charge in [0.1, 0.15) is 11.7 Å². The van der Waals surface area contributed by atoms with Crippen molar-refractivity contribution in [3.05, 3.63) is 0 Å². The molecule has 1 aliphatic heterocycles. The second-order valence-electron chi connectivity index (χ2n) is 6.03. The third-order valence-corrected chi connectivity index (χ3v) is 5.35. The molecule has 1 aliphatic carbocycles.